The van der Waals surface area contributed by atoms with E-state index in [-0.39, 0.29) is 17.5 Å². The number of ketones is 1. The molecule has 2 atom stereocenters. The molecule has 34 heavy (non-hydrogen) atoms. The highest BCUT2D eigenvalue weighted by Crippen LogP contribution is 2.53. The number of Topliss-reactive ketones (excluding diaryl/α,β-unsaturated/α-hetero) is 1. The third-order valence-electron chi connectivity index (χ3n) is 6.67. The summed E-state index contributed by atoms with van der Waals surface area (Å²) in [5.41, 5.74) is 4.77. The first kappa shape index (κ1) is 21.9. The summed E-state index contributed by atoms with van der Waals surface area (Å²) in [5.74, 6) is 1.82. The maximum absolute atomic E-state index is 13.7. The maximum Gasteiger partial charge on any atom is 0.233 e. The van der Waals surface area contributed by atoms with Crippen molar-refractivity contribution >= 4 is 11.7 Å². The molecule has 8 nitrogen and oxygen atoms in total. The number of phenols is 1. The third-order valence-corrected chi connectivity index (χ3v) is 6.67. The van der Waals surface area contributed by atoms with Crippen LogP contribution in [0.25, 0.3) is 0 Å². The van der Waals surface area contributed by atoms with Crippen LogP contribution in [0, 0.1) is 6.92 Å². The van der Waals surface area contributed by atoms with Gasteiger partial charge in [0.1, 0.15) is 5.75 Å². The molecule has 0 unspecified atom stereocenters. The number of nitrogens with one attached hydrogen (secondary N) is 1. The van der Waals surface area contributed by atoms with Crippen molar-refractivity contribution < 1.29 is 28.6 Å². The van der Waals surface area contributed by atoms with Gasteiger partial charge in [-0.3, -0.25) is 4.79 Å². The molecule has 0 fully saturated rings. The second-order valence-electron chi connectivity index (χ2n) is 8.50. The number of hydrogen-bond donors (Lipinski definition) is 2. The lowest BCUT2D eigenvalue weighted by Crippen LogP contribution is -2.29. The van der Waals surface area contributed by atoms with Gasteiger partial charge in [-0.1, -0.05) is 23.4 Å². The number of methoxy groups -OCH3 is 3. The molecule has 5 rings (SSSR count). The van der Waals surface area contributed by atoms with Crippen LogP contribution >= 0.6 is 0 Å². The molecule has 0 saturated carbocycles. The average molecular weight is 463 g/mol. The van der Waals surface area contributed by atoms with Crippen molar-refractivity contribution in [2.75, 3.05) is 26.6 Å². The predicted molar refractivity (Wildman–Crippen MR) is 125 cm³/mol. The minimum atomic E-state index is -0.430. The van der Waals surface area contributed by atoms with Gasteiger partial charge < -0.3 is 29.2 Å². The smallest absolute Gasteiger partial charge is 0.233 e. The molecule has 1 aromatic heterocycles. The number of aryl methyl sites for hydroxylation is 1. The normalized spacial score (nSPS) is 19.2. The van der Waals surface area contributed by atoms with Crippen molar-refractivity contribution in [1.82, 2.24) is 5.16 Å². The fourth-order valence-electron chi connectivity index (χ4n) is 5.12. The molecular weight excluding hydrogens is 436 g/mol. The topological polar surface area (TPSA) is 103 Å². The van der Waals surface area contributed by atoms with Crippen molar-refractivity contribution in [3.8, 4) is 23.0 Å². The van der Waals surface area contributed by atoms with E-state index in [1.54, 1.807) is 33.5 Å². The first-order valence-electron chi connectivity index (χ1n) is 11.0. The minimum Gasteiger partial charge on any atom is -0.508 e. The van der Waals surface area contributed by atoms with Crippen LogP contribution in [0.2, 0.25) is 0 Å². The van der Waals surface area contributed by atoms with Gasteiger partial charge in [0, 0.05) is 23.3 Å². The monoisotopic (exact) mass is 462 g/mol. The number of benzene rings is 2. The Morgan fingerprint density at radius 3 is 2.41 bits per heavy atom. The molecule has 2 aliphatic rings. The molecule has 2 N–H and O–H groups in total. The molecule has 0 bridgehead atoms. The SMILES string of the molecule is COc1ccc([C@H]2C3=C(C[C@H](c4ccc(O)cc4)CC3=O)Nc3onc(C)c32)c(OC)c1OC. The quantitative estimate of drug-likeness (QED) is 0.564. The van der Waals surface area contributed by atoms with Gasteiger partial charge >= 0.3 is 0 Å². The maximum atomic E-state index is 13.7. The Morgan fingerprint density at radius 2 is 1.74 bits per heavy atom. The predicted octanol–water partition coefficient (Wildman–Crippen LogP) is 4.67. The lowest BCUT2D eigenvalue weighted by molar-refractivity contribution is -0.116. The number of rotatable bonds is 5. The first-order valence-corrected chi connectivity index (χ1v) is 11.0. The number of phenolic OH excluding ortho intramolecular Hbond substituents is 1. The van der Waals surface area contributed by atoms with Crippen molar-refractivity contribution in [2.45, 2.75) is 31.6 Å². The zero-order chi connectivity index (χ0) is 24.0. The van der Waals surface area contributed by atoms with E-state index < -0.39 is 5.92 Å². The van der Waals surface area contributed by atoms with Crippen LogP contribution in [0.4, 0.5) is 5.88 Å². The molecular formula is C26H26N2O6. The number of allylic oxidation sites excluding steroid dienone is 2. The summed E-state index contributed by atoms with van der Waals surface area (Å²) in [6, 6.07) is 10.7. The number of aromatic hydroxyl groups is 1. The Kier molecular flexibility index (Phi) is 5.43. The van der Waals surface area contributed by atoms with Gasteiger partial charge in [0.15, 0.2) is 17.3 Å². The van der Waals surface area contributed by atoms with Crippen molar-refractivity contribution in [1.29, 1.82) is 0 Å². The fraction of sp³-hybridized carbons (Fsp3) is 0.308. The Balaban J connectivity index is 1.67. The van der Waals surface area contributed by atoms with E-state index in [1.807, 2.05) is 31.2 Å². The van der Waals surface area contributed by atoms with Gasteiger partial charge in [-0.25, -0.2) is 0 Å². The summed E-state index contributed by atoms with van der Waals surface area (Å²) < 4.78 is 22.5. The van der Waals surface area contributed by atoms with Gasteiger partial charge in [0.05, 0.1) is 38.5 Å². The number of fused-ring (bicyclic) bond motifs is 1. The van der Waals surface area contributed by atoms with Crippen LogP contribution in [-0.2, 0) is 4.79 Å². The number of anilines is 1. The van der Waals surface area contributed by atoms with Gasteiger partial charge in [0.2, 0.25) is 11.6 Å². The van der Waals surface area contributed by atoms with Crippen molar-refractivity contribution in [3.05, 3.63) is 70.1 Å². The third kappa shape index (κ3) is 3.37. The summed E-state index contributed by atoms with van der Waals surface area (Å²) in [4.78, 5) is 13.7. The van der Waals surface area contributed by atoms with E-state index in [0.29, 0.717) is 47.2 Å². The fourth-order valence-corrected chi connectivity index (χ4v) is 5.12. The number of carbonyl (C=O) groups is 1. The lowest BCUT2D eigenvalue weighted by Gasteiger charge is -2.35. The largest absolute Gasteiger partial charge is 0.508 e. The number of aromatic nitrogens is 1. The number of carbonyl (C=O) groups excluding carboxylic acids is 1. The number of ether oxygens (including phenoxy) is 3. The summed E-state index contributed by atoms with van der Waals surface area (Å²) in [5, 5.41) is 17.2. The van der Waals surface area contributed by atoms with E-state index >= 15 is 0 Å². The Labute approximate surface area is 197 Å². The second kappa shape index (κ2) is 8.44. The second-order valence-corrected chi connectivity index (χ2v) is 8.50. The number of hydrogen-bond acceptors (Lipinski definition) is 8. The van der Waals surface area contributed by atoms with E-state index in [2.05, 4.69) is 10.5 Å². The van der Waals surface area contributed by atoms with E-state index in [4.69, 9.17) is 18.7 Å². The Bertz CT molecular complexity index is 1290. The van der Waals surface area contributed by atoms with Crippen LogP contribution < -0.4 is 19.5 Å². The van der Waals surface area contributed by atoms with Crippen molar-refractivity contribution in [3.63, 3.8) is 0 Å². The minimum absolute atomic E-state index is 0.0159. The highest BCUT2D eigenvalue weighted by molar-refractivity contribution is 6.02. The molecule has 8 heteroatoms. The van der Waals surface area contributed by atoms with Crippen LogP contribution in [0.1, 0.15) is 47.1 Å². The first-order chi connectivity index (χ1) is 16.5. The highest BCUT2D eigenvalue weighted by Gasteiger charge is 2.42. The Morgan fingerprint density at radius 1 is 1.00 bits per heavy atom. The van der Waals surface area contributed by atoms with E-state index in [1.165, 1.54) is 0 Å². The summed E-state index contributed by atoms with van der Waals surface area (Å²) in [6.45, 7) is 1.86. The molecule has 2 aromatic carbocycles. The molecule has 0 spiro atoms. The zero-order valence-electron chi connectivity index (χ0n) is 19.5. The van der Waals surface area contributed by atoms with Crippen LogP contribution in [-0.4, -0.2) is 37.4 Å². The van der Waals surface area contributed by atoms with Gasteiger partial charge in [0.25, 0.3) is 0 Å². The van der Waals surface area contributed by atoms with Crippen LogP contribution in [0.3, 0.4) is 0 Å². The summed E-state index contributed by atoms with van der Waals surface area (Å²) in [6.07, 6.45) is 0.980. The Hall–Kier alpha value is -3.94. The average Bonchev–Trinajstić information content (AvgIpc) is 3.22. The molecule has 176 valence electrons. The van der Waals surface area contributed by atoms with Gasteiger partial charge in [-0.15, -0.1) is 0 Å². The van der Waals surface area contributed by atoms with Gasteiger partial charge in [-0.2, -0.15) is 0 Å². The number of nitrogens with zero attached hydrogens (tertiary/aromatic N) is 1. The van der Waals surface area contributed by atoms with Crippen molar-refractivity contribution in [2.24, 2.45) is 0 Å². The lowest BCUT2D eigenvalue weighted by atomic mass is 9.72. The molecule has 1 aliphatic carbocycles. The highest BCUT2D eigenvalue weighted by atomic mass is 16.5. The van der Waals surface area contributed by atoms with Gasteiger partial charge in [-0.05, 0) is 43.0 Å². The molecule has 2 heterocycles. The molecule has 3 aromatic rings. The molecule has 1 aliphatic heterocycles. The van der Waals surface area contributed by atoms with Crippen LogP contribution in [0.5, 0.6) is 23.0 Å². The van der Waals surface area contributed by atoms with E-state index in [0.717, 1.165) is 22.4 Å². The zero-order valence-corrected chi connectivity index (χ0v) is 19.5. The molecule has 0 saturated heterocycles. The molecule has 0 amide bonds. The summed E-state index contributed by atoms with van der Waals surface area (Å²) >= 11 is 0. The molecule has 0 radical (unpaired) electrons. The van der Waals surface area contributed by atoms with E-state index in [9.17, 15) is 9.90 Å². The standard InChI is InChI=1S/C26H26N2O6/c1-13-21-22(17-9-10-20(31-2)25(33-4)24(17)32-3)23-18(27-26(21)34-28-13)11-15(12-19(23)30)14-5-7-16(29)8-6-14/h5-10,15,22,27,29H,11-12H2,1-4H3/t15-,22+/m0/s1. The summed E-state index contributed by atoms with van der Waals surface area (Å²) in [7, 11) is 4.70. The van der Waals surface area contributed by atoms with Crippen LogP contribution in [0.15, 0.2) is 52.2 Å².